The lowest BCUT2D eigenvalue weighted by Gasteiger charge is -2.11. The van der Waals surface area contributed by atoms with Crippen molar-refractivity contribution in [1.82, 2.24) is 0 Å². The normalized spacial score (nSPS) is 11.6. The first-order valence-electron chi connectivity index (χ1n) is 4.90. The highest BCUT2D eigenvalue weighted by Gasteiger charge is 2.22. The molecule has 0 aliphatic rings. The SMILES string of the molecule is C=CC(=O)C(C(C)=O)c1ccc(OC)cc1. The Morgan fingerprint density at radius 3 is 2.25 bits per heavy atom. The summed E-state index contributed by atoms with van der Waals surface area (Å²) in [5.41, 5.74) is 0.665. The van der Waals surface area contributed by atoms with Crippen molar-refractivity contribution in [3.63, 3.8) is 0 Å². The summed E-state index contributed by atoms with van der Waals surface area (Å²) < 4.78 is 5.01. The van der Waals surface area contributed by atoms with Crippen LogP contribution in [0.25, 0.3) is 0 Å². The van der Waals surface area contributed by atoms with Gasteiger partial charge < -0.3 is 4.74 Å². The fraction of sp³-hybridized carbons (Fsp3) is 0.231. The Labute approximate surface area is 94.7 Å². The van der Waals surface area contributed by atoms with Gasteiger partial charge in [-0.25, -0.2) is 0 Å². The fourth-order valence-electron chi connectivity index (χ4n) is 1.51. The molecule has 0 saturated carbocycles. The first kappa shape index (κ1) is 12.2. The number of carbonyl (C=O) groups is 2. The van der Waals surface area contributed by atoms with Crippen LogP contribution in [0.5, 0.6) is 5.75 Å². The smallest absolute Gasteiger partial charge is 0.169 e. The lowest BCUT2D eigenvalue weighted by molar-refractivity contribution is -0.125. The summed E-state index contributed by atoms with van der Waals surface area (Å²) in [4.78, 5) is 22.9. The van der Waals surface area contributed by atoms with Crippen LogP contribution in [0.3, 0.4) is 0 Å². The van der Waals surface area contributed by atoms with E-state index in [9.17, 15) is 9.59 Å². The molecule has 0 aliphatic carbocycles. The summed E-state index contributed by atoms with van der Waals surface area (Å²) in [5, 5.41) is 0. The zero-order chi connectivity index (χ0) is 12.1. The minimum absolute atomic E-state index is 0.185. The van der Waals surface area contributed by atoms with E-state index in [1.165, 1.54) is 13.0 Å². The van der Waals surface area contributed by atoms with Crippen molar-refractivity contribution >= 4 is 11.6 Å². The molecule has 0 radical (unpaired) electrons. The van der Waals surface area contributed by atoms with Crippen molar-refractivity contribution in [2.75, 3.05) is 7.11 Å². The summed E-state index contributed by atoms with van der Waals surface area (Å²) in [6.45, 7) is 4.80. The molecule has 1 aromatic rings. The maximum absolute atomic E-state index is 11.5. The summed E-state index contributed by atoms with van der Waals surface area (Å²) in [5.74, 6) is -0.520. The van der Waals surface area contributed by atoms with E-state index in [1.807, 2.05) is 0 Å². The second-order valence-electron chi connectivity index (χ2n) is 3.42. The predicted octanol–water partition coefficient (Wildman–Crippen LogP) is 2.12. The van der Waals surface area contributed by atoms with Crippen LogP contribution in [0.15, 0.2) is 36.9 Å². The maximum Gasteiger partial charge on any atom is 0.169 e. The number of hydrogen-bond acceptors (Lipinski definition) is 3. The largest absolute Gasteiger partial charge is 0.497 e. The molecule has 0 bridgehead atoms. The van der Waals surface area contributed by atoms with Gasteiger partial charge in [0.05, 0.1) is 7.11 Å². The second kappa shape index (κ2) is 5.26. The lowest BCUT2D eigenvalue weighted by Crippen LogP contribution is -2.17. The molecule has 0 N–H and O–H groups in total. The van der Waals surface area contributed by atoms with Crippen LogP contribution in [0.2, 0.25) is 0 Å². The van der Waals surface area contributed by atoms with Crippen LogP contribution < -0.4 is 4.74 Å². The van der Waals surface area contributed by atoms with E-state index in [4.69, 9.17) is 4.74 Å². The number of allylic oxidation sites excluding steroid dienone is 1. The first-order chi connectivity index (χ1) is 7.60. The molecular formula is C13H14O3. The number of ketones is 2. The van der Waals surface area contributed by atoms with Gasteiger partial charge in [-0.15, -0.1) is 0 Å². The molecule has 1 atom stereocenters. The maximum atomic E-state index is 11.5. The van der Waals surface area contributed by atoms with Crippen LogP contribution in [0.1, 0.15) is 18.4 Å². The second-order valence-corrected chi connectivity index (χ2v) is 3.42. The van der Waals surface area contributed by atoms with E-state index in [0.717, 1.165) is 0 Å². The van der Waals surface area contributed by atoms with Gasteiger partial charge in [0.1, 0.15) is 17.5 Å². The summed E-state index contributed by atoms with van der Waals surface area (Å²) in [6, 6.07) is 6.88. The molecule has 84 valence electrons. The highest BCUT2D eigenvalue weighted by Crippen LogP contribution is 2.21. The number of rotatable bonds is 5. The van der Waals surface area contributed by atoms with Gasteiger partial charge in [0.25, 0.3) is 0 Å². The van der Waals surface area contributed by atoms with Gasteiger partial charge in [-0.3, -0.25) is 9.59 Å². The van der Waals surface area contributed by atoms with Crippen LogP contribution in [-0.2, 0) is 9.59 Å². The minimum Gasteiger partial charge on any atom is -0.497 e. The quantitative estimate of drug-likeness (QED) is 0.561. The Balaban J connectivity index is 3.06. The highest BCUT2D eigenvalue weighted by molar-refractivity contribution is 6.11. The van der Waals surface area contributed by atoms with Crippen molar-refractivity contribution in [2.45, 2.75) is 12.8 Å². The van der Waals surface area contributed by atoms with Gasteiger partial charge in [0, 0.05) is 0 Å². The van der Waals surface area contributed by atoms with Crippen LogP contribution in [0, 0.1) is 0 Å². The van der Waals surface area contributed by atoms with Crippen molar-refractivity contribution in [1.29, 1.82) is 0 Å². The molecule has 0 aromatic heterocycles. The predicted molar refractivity (Wildman–Crippen MR) is 61.6 cm³/mol. The molecule has 16 heavy (non-hydrogen) atoms. The van der Waals surface area contributed by atoms with E-state index >= 15 is 0 Å². The van der Waals surface area contributed by atoms with Crippen molar-refractivity contribution < 1.29 is 14.3 Å². The third-order valence-corrected chi connectivity index (χ3v) is 2.34. The number of methoxy groups -OCH3 is 1. The van der Waals surface area contributed by atoms with Gasteiger partial charge in [-0.05, 0) is 30.7 Å². The number of ether oxygens (including phenoxy) is 1. The molecule has 0 amide bonds. The van der Waals surface area contributed by atoms with Crippen molar-refractivity contribution in [3.05, 3.63) is 42.5 Å². The topological polar surface area (TPSA) is 43.4 Å². The zero-order valence-electron chi connectivity index (χ0n) is 9.40. The lowest BCUT2D eigenvalue weighted by atomic mass is 9.91. The molecule has 0 heterocycles. The minimum atomic E-state index is -0.747. The van der Waals surface area contributed by atoms with Gasteiger partial charge in [-0.2, -0.15) is 0 Å². The van der Waals surface area contributed by atoms with Gasteiger partial charge >= 0.3 is 0 Å². The average Bonchev–Trinajstić information content (AvgIpc) is 2.29. The van der Waals surface area contributed by atoms with E-state index in [2.05, 4.69) is 6.58 Å². The monoisotopic (exact) mass is 218 g/mol. The molecule has 0 spiro atoms. The molecule has 0 saturated heterocycles. The van der Waals surface area contributed by atoms with Gasteiger partial charge in [0.2, 0.25) is 0 Å². The van der Waals surface area contributed by atoms with Crippen molar-refractivity contribution in [2.24, 2.45) is 0 Å². The molecule has 0 fully saturated rings. The zero-order valence-corrected chi connectivity index (χ0v) is 9.40. The van der Waals surface area contributed by atoms with E-state index < -0.39 is 5.92 Å². The summed E-state index contributed by atoms with van der Waals surface area (Å²) in [7, 11) is 1.56. The number of Topliss-reactive ketones (excluding diaryl/α,β-unsaturated/α-hetero) is 1. The summed E-state index contributed by atoms with van der Waals surface area (Å²) in [6.07, 6.45) is 1.18. The fourth-order valence-corrected chi connectivity index (χ4v) is 1.51. The van der Waals surface area contributed by atoms with E-state index in [0.29, 0.717) is 11.3 Å². The third-order valence-electron chi connectivity index (χ3n) is 2.34. The number of carbonyl (C=O) groups excluding carboxylic acids is 2. The van der Waals surface area contributed by atoms with Gasteiger partial charge in [-0.1, -0.05) is 18.7 Å². The molecule has 1 rings (SSSR count). The third kappa shape index (κ3) is 2.57. The Morgan fingerprint density at radius 1 is 1.31 bits per heavy atom. The van der Waals surface area contributed by atoms with Crippen LogP contribution in [-0.4, -0.2) is 18.7 Å². The summed E-state index contributed by atoms with van der Waals surface area (Å²) >= 11 is 0. The standard InChI is InChI=1S/C13H14O3/c1-4-12(15)13(9(2)14)10-5-7-11(16-3)8-6-10/h4-8,13H,1H2,2-3H3. The Hall–Kier alpha value is -1.90. The van der Waals surface area contributed by atoms with Crippen LogP contribution in [0.4, 0.5) is 0 Å². The molecule has 0 aliphatic heterocycles. The highest BCUT2D eigenvalue weighted by atomic mass is 16.5. The van der Waals surface area contributed by atoms with Crippen molar-refractivity contribution in [3.8, 4) is 5.75 Å². The Bertz CT molecular complexity index is 404. The Morgan fingerprint density at radius 2 is 1.88 bits per heavy atom. The molecule has 3 heteroatoms. The van der Waals surface area contributed by atoms with Gasteiger partial charge in [0.15, 0.2) is 5.78 Å². The molecule has 1 aromatic carbocycles. The van der Waals surface area contributed by atoms with E-state index in [1.54, 1.807) is 31.4 Å². The number of benzene rings is 1. The first-order valence-corrected chi connectivity index (χ1v) is 4.90. The molecule has 1 unspecified atom stereocenters. The molecular weight excluding hydrogens is 204 g/mol. The average molecular weight is 218 g/mol. The Kier molecular flexibility index (Phi) is 4.00. The van der Waals surface area contributed by atoms with E-state index in [-0.39, 0.29) is 11.6 Å². The van der Waals surface area contributed by atoms with Crippen LogP contribution >= 0.6 is 0 Å². The number of hydrogen-bond donors (Lipinski definition) is 0. The molecule has 3 nitrogen and oxygen atoms in total.